The minimum absolute atomic E-state index is 0.0194. The lowest BCUT2D eigenvalue weighted by Gasteiger charge is -2.24. The van der Waals surface area contributed by atoms with Gasteiger partial charge in [-0.25, -0.2) is 9.97 Å². The molecule has 0 atom stereocenters. The SMILES string of the molecule is CCN(CC)c1nc(C)nc(SC)c1NC(=O)CCCNCCCCCCc1ccc(Br)cc1. The molecule has 1 heterocycles. The van der Waals surface area contributed by atoms with Gasteiger partial charge >= 0.3 is 0 Å². The third kappa shape index (κ3) is 9.92. The molecular formula is C26H40BrN5OS. The Labute approximate surface area is 218 Å². The maximum absolute atomic E-state index is 12.6. The maximum atomic E-state index is 12.6. The van der Waals surface area contributed by atoms with Crippen molar-refractivity contribution in [1.29, 1.82) is 0 Å². The Morgan fingerprint density at radius 1 is 1.00 bits per heavy atom. The summed E-state index contributed by atoms with van der Waals surface area (Å²) in [5.41, 5.74) is 2.15. The normalized spacial score (nSPS) is 11.0. The van der Waals surface area contributed by atoms with Crippen LogP contribution in [0.2, 0.25) is 0 Å². The second-order valence-corrected chi connectivity index (χ2v) is 10.1. The van der Waals surface area contributed by atoms with Crippen molar-refractivity contribution in [3.05, 3.63) is 40.1 Å². The first-order chi connectivity index (χ1) is 16.5. The number of nitrogens with zero attached hydrogens (tertiary/aromatic N) is 3. The van der Waals surface area contributed by atoms with E-state index in [4.69, 9.17) is 0 Å². The molecule has 1 aromatic heterocycles. The molecule has 0 aliphatic heterocycles. The van der Waals surface area contributed by atoms with Crippen LogP contribution in [0, 0.1) is 6.92 Å². The van der Waals surface area contributed by atoms with Crippen LogP contribution in [0.1, 0.15) is 63.8 Å². The van der Waals surface area contributed by atoms with Crippen LogP contribution in [-0.4, -0.2) is 48.3 Å². The molecule has 6 nitrogen and oxygen atoms in total. The van der Waals surface area contributed by atoms with Crippen LogP contribution in [0.3, 0.4) is 0 Å². The number of nitrogens with one attached hydrogen (secondary N) is 2. The summed E-state index contributed by atoms with van der Waals surface area (Å²) < 4.78 is 1.14. The van der Waals surface area contributed by atoms with Crippen molar-refractivity contribution in [3.8, 4) is 0 Å². The molecule has 34 heavy (non-hydrogen) atoms. The summed E-state index contributed by atoms with van der Waals surface area (Å²) in [6.45, 7) is 9.62. The van der Waals surface area contributed by atoms with Gasteiger partial charge in [0.05, 0.1) is 0 Å². The highest BCUT2D eigenvalue weighted by atomic mass is 79.9. The molecule has 2 N–H and O–H groups in total. The smallest absolute Gasteiger partial charge is 0.224 e. The molecule has 0 radical (unpaired) electrons. The van der Waals surface area contributed by atoms with Crippen molar-refractivity contribution >= 4 is 45.1 Å². The zero-order valence-corrected chi connectivity index (χ0v) is 23.5. The van der Waals surface area contributed by atoms with E-state index in [9.17, 15) is 4.79 Å². The molecule has 188 valence electrons. The van der Waals surface area contributed by atoms with E-state index in [0.29, 0.717) is 6.42 Å². The molecule has 2 rings (SSSR count). The summed E-state index contributed by atoms with van der Waals surface area (Å²) in [5.74, 6) is 1.56. The van der Waals surface area contributed by atoms with E-state index in [-0.39, 0.29) is 5.91 Å². The highest BCUT2D eigenvalue weighted by Crippen LogP contribution is 2.32. The second-order valence-electron chi connectivity index (χ2n) is 8.34. The summed E-state index contributed by atoms with van der Waals surface area (Å²) in [7, 11) is 0. The monoisotopic (exact) mass is 549 g/mol. The molecule has 0 saturated heterocycles. The number of benzene rings is 1. The molecule has 0 bridgehead atoms. The van der Waals surface area contributed by atoms with Gasteiger partial charge in [0.1, 0.15) is 16.5 Å². The number of aryl methyl sites for hydroxylation is 2. The highest BCUT2D eigenvalue weighted by molar-refractivity contribution is 9.10. The van der Waals surface area contributed by atoms with Gasteiger partial charge in [0.25, 0.3) is 0 Å². The number of amides is 1. The fourth-order valence-corrected chi connectivity index (χ4v) is 4.66. The Morgan fingerprint density at radius 3 is 2.35 bits per heavy atom. The van der Waals surface area contributed by atoms with Gasteiger partial charge in [0.15, 0.2) is 5.82 Å². The van der Waals surface area contributed by atoms with Crippen LogP contribution in [-0.2, 0) is 11.2 Å². The molecule has 0 saturated carbocycles. The number of rotatable bonds is 16. The number of anilines is 2. The first-order valence-electron chi connectivity index (χ1n) is 12.4. The van der Waals surface area contributed by atoms with Crippen LogP contribution in [0.15, 0.2) is 33.8 Å². The summed E-state index contributed by atoms with van der Waals surface area (Å²) in [5, 5.41) is 7.39. The predicted octanol–water partition coefficient (Wildman–Crippen LogP) is 6.23. The molecule has 0 aliphatic rings. The van der Waals surface area contributed by atoms with Gasteiger partial charge in [-0.2, -0.15) is 0 Å². The van der Waals surface area contributed by atoms with Crippen molar-refractivity contribution in [1.82, 2.24) is 15.3 Å². The number of hydrogen-bond donors (Lipinski definition) is 2. The van der Waals surface area contributed by atoms with Gasteiger partial charge < -0.3 is 15.5 Å². The summed E-state index contributed by atoms with van der Waals surface area (Å²) in [4.78, 5) is 23.9. The summed E-state index contributed by atoms with van der Waals surface area (Å²) in [6.07, 6.45) is 9.34. The zero-order chi connectivity index (χ0) is 24.8. The average Bonchev–Trinajstić information content (AvgIpc) is 2.83. The molecule has 8 heteroatoms. The van der Waals surface area contributed by atoms with Gasteiger partial charge in [0, 0.05) is 24.0 Å². The summed E-state index contributed by atoms with van der Waals surface area (Å²) >= 11 is 5.02. The van der Waals surface area contributed by atoms with Crippen LogP contribution in [0.25, 0.3) is 0 Å². The fraction of sp³-hybridized carbons (Fsp3) is 0.577. The third-order valence-electron chi connectivity index (χ3n) is 5.73. The van der Waals surface area contributed by atoms with Crippen LogP contribution >= 0.6 is 27.7 Å². The topological polar surface area (TPSA) is 70.2 Å². The number of carbonyl (C=O) groups excluding carboxylic acids is 1. The fourth-order valence-electron chi connectivity index (χ4n) is 3.83. The Hall–Kier alpha value is -1.64. The molecule has 1 aromatic carbocycles. The first-order valence-corrected chi connectivity index (χ1v) is 14.4. The van der Waals surface area contributed by atoms with Gasteiger partial charge in [0.2, 0.25) is 5.91 Å². The molecule has 2 aromatic rings. The van der Waals surface area contributed by atoms with Crippen LogP contribution in [0.4, 0.5) is 11.5 Å². The van der Waals surface area contributed by atoms with E-state index in [1.165, 1.54) is 43.0 Å². The highest BCUT2D eigenvalue weighted by Gasteiger charge is 2.18. The second kappa shape index (κ2) is 16.1. The van der Waals surface area contributed by atoms with E-state index in [0.717, 1.165) is 65.8 Å². The van der Waals surface area contributed by atoms with Gasteiger partial charge in [-0.3, -0.25) is 4.79 Å². The molecule has 0 spiro atoms. The van der Waals surface area contributed by atoms with Crippen molar-refractivity contribution in [2.75, 3.05) is 42.7 Å². The van der Waals surface area contributed by atoms with Crippen molar-refractivity contribution in [2.45, 2.75) is 70.7 Å². The number of aromatic nitrogens is 2. The first kappa shape index (κ1) is 28.6. The quantitative estimate of drug-likeness (QED) is 0.147. The van der Waals surface area contributed by atoms with E-state index in [1.54, 1.807) is 0 Å². The van der Waals surface area contributed by atoms with E-state index in [1.807, 2.05) is 13.2 Å². The minimum Gasteiger partial charge on any atom is -0.355 e. The average molecular weight is 551 g/mol. The van der Waals surface area contributed by atoms with Crippen molar-refractivity contribution in [2.24, 2.45) is 0 Å². The van der Waals surface area contributed by atoms with Crippen LogP contribution in [0.5, 0.6) is 0 Å². The zero-order valence-electron chi connectivity index (χ0n) is 21.1. The number of thioether (sulfide) groups is 1. The lowest BCUT2D eigenvalue weighted by Crippen LogP contribution is -2.26. The number of hydrogen-bond acceptors (Lipinski definition) is 6. The minimum atomic E-state index is 0.0194. The lowest BCUT2D eigenvalue weighted by molar-refractivity contribution is -0.116. The van der Waals surface area contributed by atoms with Gasteiger partial charge in [-0.15, -0.1) is 11.8 Å². The van der Waals surface area contributed by atoms with E-state index in [2.05, 4.69) is 79.5 Å². The van der Waals surface area contributed by atoms with Crippen molar-refractivity contribution < 1.29 is 4.79 Å². The van der Waals surface area contributed by atoms with Gasteiger partial charge in [-0.1, -0.05) is 40.9 Å². The number of carbonyl (C=O) groups is 1. The van der Waals surface area contributed by atoms with Crippen molar-refractivity contribution in [3.63, 3.8) is 0 Å². The lowest BCUT2D eigenvalue weighted by atomic mass is 10.1. The number of halogens is 1. The molecular weight excluding hydrogens is 510 g/mol. The Morgan fingerprint density at radius 2 is 1.68 bits per heavy atom. The predicted molar refractivity (Wildman–Crippen MR) is 149 cm³/mol. The largest absolute Gasteiger partial charge is 0.355 e. The Bertz CT molecular complexity index is 874. The standard InChI is InChI=1S/C26H40BrN5OS/c1-5-32(6-2)25-24(26(34-4)30-20(3)29-25)31-23(33)13-11-19-28-18-10-8-7-9-12-21-14-16-22(27)17-15-21/h14-17,28H,5-13,18-19H2,1-4H3,(H,31,33). The van der Waals surface area contributed by atoms with Gasteiger partial charge in [-0.05, 0) is 83.5 Å². The van der Waals surface area contributed by atoms with Crippen LogP contribution < -0.4 is 15.5 Å². The maximum Gasteiger partial charge on any atom is 0.224 e. The molecule has 0 fully saturated rings. The third-order valence-corrected chi connectivity index (χ3v) is 6.94. The Kier molecular flexibility index (Phi) is 13.5. The van der Waals surface area contributed by atoms with E-state index >= 15 is 0 Å². The number of unbranched alkanes of at least 4 members (excludes halogenated alkanes) is 3. The van der Waals surface area contributed by atoms with E-state index < -0.39 is 0 Å². The summed E-state index contributed by atoms with van der Waals surface area (Å²) in [6, 6.07) is 8.61. The molecule has 0 aliphatic carbocycles. The Balaban J connectivity index is 1.64. The molecule has 1 amide bonds. The molecule has 0 unspecified atom stereocenters.